The second-order valence-electron chi connectivity index (χ2n) is 5.04. The molecule has 0 bridgehead atoms. The Morgan fingerprint density at radius 3 is 2.65 bits per heavy atom. The number of aliphatic hydroxyl groups is 1. The Morgan fingerprint density at radius 1 is 1.41 bits per heavy atom. The van der Waals surface area contributed by atoms with Crippen molar-refractivity contribution in [2.24, 2.45) is 5.92 Å². The Balaban J connectivity index is 1.76. The summed E-state index contributed by atoms with van der Waals surface area (Å²) in [6, 6.07) is 0. The average Bonchev–Trinajstić information content (AvgIpc) is 2.82. The molecule has 0 aromatic rings. The maximum Gasteiger partial charge on any atom is 0.228 e. The van der Waals surface area contributed by atoms with Gasteiger partial charge in [-0.1, -0.05) is 0 Å². The summed E-state index contributed by atoms with van der Waals surface area (Å²) in [4.78, 5) is 16.3. The first kappa shape index (κ1) is 12.8. The fourth-order valence-electron chi connectivity index (χ4n) is 2.51. The van der Waals surface area contributed by atoms with Crippen molar-refractivity contribution in [3.63, 3.8) is 0 Å². The number of rotatable bonds is 3. The summed E-state index contributed by atoms with van der Waals surface area (Å²) in [6.45, 7) is 7.10. The highest BCUT2D eigenvalue weighted by molar-refractivity contribution is 5.79. The Labute approximate surface area is 102 Å². The predicted molar refractivity (Wildman–Crippen MR) is 63.6 cm³/mol. The zero-order valence-electron chi connectivity index (χ0n) is 10.5. The average molecular weight is 242 g/mol. The molecule has 2 fully saturated rings. The molecule has 0 saturated carbocycles. The minimum Gasteiger partial charge on any atom is -0.392 e. The topological polar surface area (TPSA) is 53.0 Å². The van der Waals surface area contributed by atoms with E-state index >= 15 is 0 Å². The highest BCUT2D eigenvalue weighted by atomic mass is 16.5. The van der Waals surface area contributed by atoms with Gasteiger partial charge in [-0.05, 0) is 13.3 Å². The van der Waals surface area contributed by atoms with E-state index in [0.29, 0.717) is 13.2 Å². The van der Waals surface area contributed by atoms with Crippen molar-refractivity contribution in [3.8, 4) is 0 Å². The van der Waals surface area contributed by atoms with E-state index in [1.165, 1.54) is 0 Å². The van der Waals surface area contributed by atoms with Crippen LogP contribution in [0.25, 0.3) is 0 Å². The molecule has 98 valence electrons. The van der Waals surface area contributed by atoms with E-state index in [2.05, 4.69) is 4.90 Å². The highest BCUT2D eigenvalue weighted by Crippen LogP contribution is 2.16. The van der Waals surface area contributed by atoms with Crippen LogP contribution in [0, 0.1) is 5.92 Å². The first-order valence-corrected chi connectivity index (χ1v) is 6.44. The number of nitrogens with zero attached hydrogens (tertiary/aromatic N) is 2. The van der Waals surface area contributed by atoms with Crippen molar-refractivity contribution < 1.29 is 14.6 Å². The van der Waals surface area contributed by atoms with Gasteiger partial charge in [0.15, 0.2) is 0 Å². The predicted octanol–water partition coefficient (Wildman–Crippen LogP) is -0.452. The maximum absolute atomic E-state index is 12.1. The first-order chi connectivity index (χ1) is 8.16. The van der Waals surface area contributed by atoms with Crippen LogP contribution in [0.3, 0.4) is 0 Å². The largest absolute Gasteiger partial charge is 0.392 e. The summed E-state index contributed by atoms with van der Waals surface area (Å²) < 4.78 is 5.25. The van der Waals surface area contributed by atoms with Gasteiger partial charge in [-0.3, -0.25) is 9.69 Å². The number of aliphatic hydroxyl groups excluding tert-OH is 1. The normalized spacial score (nSPS) is 28.4. The van der Waals surface area contributed by atoms with Gasteiger partial charge in [-0.25, -0.2) is 0 Å². The molecule has 0 aromatic carbocycles. The van der Waals surface area contributed by atoms with Gasteiger partial charge in [0.25, 0.3) is 0 Å². The molecule has 5 heteroatoms. The summed E-state index contributed by atoms with van der Waals surface area (Å²) in [6.07, 6.45) is 0.577. The molecule has 0 spiro atoms. The Kier molecular flexibility index (Phi) is 4.36. The number of carbonyl (C=O) groups excluding carboxylic acids is 1. The van der Waals surface area contributed by atoms with Crippen molar-refractivity contribution in [1.29, 1.82) is 0 Å². The molecule has 2 heterocycles. The minimum absolute atomic E-state index is 0.0818. The van der Waals surface area contributed by atoms with Gasteiger partial charge < -0.3 is 14.7 Å². The lowest BCUT2D eigenvalue weighted by atomic mass is 10.1. The fourth-order valence-corrected chi connectivity index (χ4v) is 2.51. The van der Waals surface area contributed by atoms with Crippen LogP contribution in [-0.2, 0) is 9.53 Å². The molecule has 1 N–H and O–H groups in total. The van der Waals surface area contributed by atoms with Gasteiger partial charge in [-0.2, -0.15) is 0 Å². The first-order valence-electron chi connectivity index (χ1n) is 6.44. The van der Waals surface area contributed by atoms with Gasteiger partial charge in [-0.15, -0.1) is 0 Å². The van der Waals surface area contributed by atoms with E-state index in [4.69, 9.17) is 4.74 Å². The van der Waals surface area contributed by atoms with Gasteiger partial charge in [0.2, 0.25) is 5.91 Å². The molecule has 2 aliphatic rings. The Hall–Kier alpha value is -0.650. The number of β-amino-alcohol motifs (C(OH)–C–C–N with tert-alkyl or cyclic N) is 1. The third-order valence-corrected chi connectivity index (χ3v) is 3.49. The van der Waals surface area contributed by atoms with Crippen molar-refractivity contribution in [2.75, 3.05) is 45.9 Å². The minimum atomic E-state index is -0.291. The third-order valence-electron chi connectivity index (χ3n) is 3.49. The van der Waals surface area contributed by atoms with Crippen LogP contribution in [0.2, 0.25) is 0 Å². The third kappa shape index (κ3) is 3.40. The molecule has 2 saturated heterocycles. The number of piperazine rings is 1. The summed E-state index contributed by atoms with van der Waals surface area (Å²) in [5.74, 6) is 0.331. The fraction of sp³-hybridized carbons (Fsp3) is 0.917. The molecule has 2 atom stereocenters. The van der Waals surface area contributed by atoms with Gasteiger partial charge in [0, 0.05) is 39.3 Å². The molecular weight excluding hydrogens is 220 g/mol. The van der Waals surface area contributed by atoms with E-state index in [1.54, 1.807) is 6.92 Å². The standard InChI is InChI=1S/C12H22N2O3/c1-10(15)8-13-3-5-14(6-4-13)12(16)11-2-7-17-9-11/h10-11,15H,2-9H2,1H3. The molecule has 0 aliphatic carbocycles. The lowest BCUT2D eigenvalue weighted by Gasteiger charge is -2.36. The van der Waals surface area contributed by atoms with E-state index in [-0.39, 0.29) is 17.9 Å². The van der Waals surface area contributed by atoms with Gasteiger partial charge >= 0.3 is 0 Å². The van der Waals surface area contributed by atoms with Crippen LogP contribution in [0.5, 0.6) is 0 Å². The zero-order chi connectivity index (χ0) is 12.3. The van der Waals surface area contributed by atoms with Crippen LogP contribution in [0.1, 0.15) is 13.3 Å². The monoisotopic (exact) mass is 242 g/mol. The molecular formula is C12H22N2O3. The molecule has 5 nitrogen and oxygen atoms in total. The van der Waals surface area contributed by atoms with E-state index in [1.807, 2.05) is 4.90 Å². The maximum atomic E-state index is 12.1. The number of hydrogen-bond acceptors (Lipinski definition) is 4. The second-order valence-corrected chi connectivity index (χ2v) is 5.04. The zero-order valence-corrected chi connectivity index (χ0v) is 10.5. The summed E-state index contributed by atoms with van der Waals surface area (Å²) in [5.41, 5.74) is 0. The van der Waals surface area contributed by atoms with Crippen molar-refractivity contribution in [1.82, 2.24) is 9.80 Å². The van der Waals surface area contributed by atoms with E-state index in [9.17, 15) is 9.90 Å². The summed E-state index contributed by atoms with van der Waals surface area (Å²) in [5, 5.41) is 9.31. The highest BCUT2D eigenvalue weighted by Gasteiger charge is 2.30. The number of ether oxygens (including phenoxy) is 1. The van der Waals surface area contributed by atoms with Crippen LogP contribution >= 0.6 is 0 Å². The smallest absolute Gasteiger partial charge is 0.228 e. The lowest BCUT2D eigenvalue weighted by Crippen LogP contribution is -2.51. The SMILES string of the molecule is CC(O)CN1CCN(C(=O)C2CCOC2)CC1. The van der Waals surface area contributed by atoms with Crippen LogP contribution < -0.4 is 0 Å². The molecule has 2 unspecified atom stereocenters. The van der Waals surface area contributed by atoms with Crippen molar-refractivity contribution >= 4 is 5.91 Å². The Morgan fingerprint density at radius 2 is 2.12 bits per heavy atom. The number of amides is 1. The second kappa shape index (κ2) is 5.80. The quantitative estimate of drug-likeness (QED) is 0.728. The number of hydrogen-bond donors (Lipinski definition) is 1. The molecule has 2 aliphatic heterocycles. The molecule has 0 aromatic heterocycles. The van der Waals surface area contributed by atoms with Crippen molar-refractivity contribution in [2.45, 2.75) is 19.4 Å². The van der Waals surface area contributed by atoms with Gasteiger partial charge in [0.1, 0.15) is 0 Å². The Bertz CT molecular complexity index is 256. The van der Waals surface area contributed by atoms with Crippen LogP contribution in [0.4, 0.5) is 0 Å². The lowest BCUT2D eigenvalue weighted by molar-refractivity contribution is -0.137. The molecule has 0 radical (unpaired) electrons. The van der Waals surface area contributed by atoms with Gasteiger partial charge in [0.05, 0.1) is 18.6 Å². The summed E-state index contributed by atoms with van der Waals surface area (Å²) >= 11 is 0. The molecule has 17 heavy (non-hydrogen) atoms. The molecule has 2 rings (SSSR count). The number of carbonyl (C=O) groups is 1. The molecule has 1 amide bonds. The van der Waals surface area contributed by atoms with E-state index in [0.717, 1.165) is 39.2 Å². The van der Waals surface area contributed by atoms with Crippen LogP contribution in [0.15, 0.2) is 0 Å². The van der Waals surface area contributed by atoms with Crippen molar-refractivity contribution in [3.05, 3.63) is 0 Å². The van der Waals surface area contributed by atoms with E-state index < -0.39 is 0 Å². The summed E-state index contributed by atoms with van der Waals surface area (Å²) in [7, 11) is 0. The van der Waals surface area contributed by atoms with Crippen LogP contribution in [-0.4, -0.2) is 72.9 Å².